The molecule has 13 heavy (non-hydrogen) atoms. The molecular formula is C9H10FNO2. The lowest BCUT2D eigenvalue weighted by molar-refractivity contribution is 0.204. The third kappa shape index (κ3) is 2.26. The average molecular weight is 183 g/mol. The average Bonchev–Trinajstić information content (AvgIpc) is 2.15. The van der Waals surface area contributed by atoms with Gasteiger partial charge < -0.3 is 9.84 Å². The molecule has 0 radical (unpaired) electrons. The summed E-state index contributed by atoms with van der Waals surface area (Å²) in [6.07, 6.45) is -1.19. The Labute approximate surface area is 75.3 Å². The third-order valence-corrected chi connectivity index (χ3v) is 1.63. The zero-order valence-electron chi connectivity index (χ0n) is 7.12. The van der Waals surface area contributed by atoms with E-state index in [1.165, 1.54) is 25.3 Å². The first kappa shape index (κ1) is 9.67. The summed E-state index contributed by atoms with van der Waals surface area (Å²) in [4.78, 5) is 0. The summed E-state index contributed by atoms with van der Waals surface area (Å²) in [5.41, 5.74) is 0.312. The number of aliphatic hydroxyl groups is 1. The van der Waals surface area contributed by atoms with Crippen molar-refractivity contribution in [3.05, 3.63) is 35.6 Å². The Morgan fingerprint density at radius 1 is 1.62 bits per heavy atom. The van der Waals surface area contributed by atoms with Gasteiger partial charge in [0.2, 0.25) is 5.90 Å². The number of nitrogens with one attached hydrogen (secondary N) is 1. The van der Waals surface area contributed by atoms with Gasteiger partial charge in [0.05, 0.1) is 7.11 Å². The van der Waals surface area contributed by atoms with E-state index in [0.29, 0.717) is 5.56 Å². The van der Waals surface area contributed by atoms with Crippen LogP contribution in [0.2, 0.25) is 0 Å². The highest BCUT2D eigenvalue weighted by Crippen LogP contribution is 2.14. The van der Waals surface area contributed by atoms with Crippen molar-refractivity contribution in [2.45, 2.75) is 6.10 Å². The fourth-order valence-electron chi connectivity index (χ4n) is 0.940. The molecule has 0 aliphatic heterocycles. The zero-order valence-corrected chi connectivity index (χ0v) is 7.12. The van der Waals surface area contributed by atoms with Crippen molar-refractivity contribution in [1.82, 2.24) is 0 Å². The minimum atomic E-state index is -1.19. The van der Waals surface area contributed by atoms with Crippen molar-refractivity contribution in [2.24, 2.45) is 0 Å². The van der Waals surface area contributed by atoms with E-state index < -0.39 is 11.9 Å². The molecule has 1 atom stereocenters. The maximum absolute atomic E-state index is 12.7. The second-order valence-electron chi connectivity index (χ2n) is 2.53. The van der Waals surface area contributed by atoms with Crippen LogP contribution in [0.5, 0.6) is 0 Å². The van der Waals surface area contributed by atoms with Crippen LogP contribution in [0.3, 0.4) is 0 Å². The fourth-order valence-corrected chi connectivity index (χ4v) is 0.940. The van der Waals surface area contributed by atoms with Gasteiger partial charge in [-0.15, -0.1) is 0 Å². The van der Waals surface area contributed by atoms with Crippen LogP contribution in [-0.2, 0) is 4.74 Å². The molecule has 0 heterocycles. The van der Waals surface area contributed by atoms with Gasteiger partial charge in [0.1, 0.15) is 5.82 Å². The highest BCUT2D eigenvalue weighted by molar-refractivity contribution is 5.78. The van der Waals surface area contributed by atoms with Gasteiger partial charge in [-0.05, 0) is 17.7 Å². The van der Waals surface area contributed by atoms with E-state index >= 15 is 0 Å². The van der Waals surface area contributed by atoms with Crippen LogP contribution >= 0.6 is 0 Å². The Kier molecular flexibility index (Phi) is 2.97. The molecule has 3 nitrogen and oxygen atoms in total. The molecule has 1 aromatic carbocycles. The number of methoxy groups -OCH3 is 1. The quantitative estimate of drug-likeness (QED) is 0.539. The van der Waals surface area contributed by atoms with Crippen LogP contribution in [0.15, 0.2) is 24.3 Å². The Hall–Kier alpha value is -1.42. The van der Waals surface area contributed by atoms with Crippen LogP contribution in [0, 0.1) is 11.2 Å². The van der Waals surface area contributed by atoms with Crippen molar-refractivity contribution in [1.29, 1.82) is 5.41 Å². The monoisotopic (exact) mass is 183 g/mol. The molecule has 0 saturated carbocycles. The van der Waals surface area contributed by atoms with Crippen LogP contribution in [0.1, 0.15) is 11.7 Å². The van der Waals surface area contributed by atoms with Gasteiger partial charge >= 0.3 is 0 Å². The molecule has 1 unspecified atom stereocenters. The summed E-state index contributed by atoms with van der Waals surface area (Å²) in [5, 5.41) is 16.6. The van der Waals surface area contributed by atoms with E-state index in [1.807, 2.05) is 0 Å². The van der Waals surface area contributed by atoms with Crippen molar-refractivity contribution in [2.75, 3.05) is 7.11 Å². The van der Waals surface area contributed by atoms with E-state index in [-0.39, 0.29) is 5.90 Å². The molecule has 0 fully saturated rings. The number of benzene rings is 1. The highest BCUT2D eigenvalue weighted by atomic mass is 19.1. The van der Waals surface area contributed by atoms with Crippen LogP contribution in [0.4, 0.5) is 4.39 Å². The first-order valence-electron chi connectivity index (χ1n) is 3.71. The van der Waals surface area contributed by atoms with Gasteiger partial charge in [0, 0.05) is 0 Å². The predicted molar refractivity (Wildman–Crippen MR) is 46.1 cm³/mol. The molecule has 70 valence electrons. The smallest absolute Gasteiger partial charge is 0.214 e. The Balaban J connectivity index is 2.88. The van der Waals surface area contributed by atoms with Gasteiger partial charge in [0.15, 0.2) is 6.10 Å². The Morgan fingerprint density at radius 2 is 2.31 bits per heavy atom. The summed E-state index contributed by atoms with van der Waals surface area (Å²) in [5.74, 6) is -0.744. The van der Waals surface area contributed by atoms with Crippen molar-refractivity contribution >= 4 is 5.90 Å². The number of aliphatic hydroxyl groups excluding tert-OH is 1. The van der Waals surface area contributed by atoms with Gasteiger partial charge in [-0.1, -0.05) is 12.1 Å². The van der Waals surface area contributed by atoms with E-state index in [4.69, 9.17) is 5.41 Å². The lowest BCUT2D eigenvalue weighted by Crippen LogP contribution is -2.12. The second-order valence-corrected chi connectivity index (χ2v) is 2.53. The standard InChI is InChI=1S/C9H10FNO2/c1-13-9(11)8(12)6-3-2-4-7(10)5-6/h2-5,8,11-12H,1H3. The lowest BCUT2D eigenvalue weighted by atomic mass is 10.1. The normalized spacial score (nSPS) is 12.2. The molecule has 4 heteroatoms. The van der Waals surface area contributed by atoms with E-state index in [1.54, 1.807) is 0 Å². The van der Waals surface area contributed by atoms with Crippen LogP contribution < -0.4 is 0 Å². The van der Waals surface area contributed by atoms with Crippen molar-refractivity contribution in [3.8, 4) is 0 Å². The number of hydrogen-bond acceptors (Lipinski definition) is 3. The first-order chi connectivity index (χ1) is 6.15. The summed E-state index contributed by atoms with van der Waals surface area (Å²) >= 11 is 0. The van der Waals surface area contributed by atoms with Crippen molar-refractivity contribution < 1.29 is 14.2 Å². The van der Waals surface area contributed by atoms with Gasteiger partial charge in [0.25, 0.3) is 0 Å². The van der Waals surface area contributed by atoms with Gasteiger partial charge in [-0.25, -0.2) is 4.39 Å². The number of rotatable bonds is 2. The fraction of sp³-hybridized carbons (Fsp3) is 0.222. The molecule has 1 rings (SSSR count). The van der Waals surface area contributed by atoms with E-state index in [0.717, 1.165) is 6.07 Å². The Morgan fingerprint density at radius 3 is 2.85 bits per heavy atom. The molecule has 0 saturated heterocycles. The highest BCUT2D eigenvalue weighted by Gasteiger charge is 2.13. The molecule has 0 aromatic heterocycles. The second kappa shape index (κ2) is 4.00. The van der Waals surface area contributed by atoms with Crippen LogP contribution in [-0.4, -0.2) is 18.1 Å². The summed E-state index contributed by atoms with van der Waals surface area (Å²) in [7, 11) is 1.28. The number of ether oxygens (including phenoxy) is 1. The molecule has 0 aliphatic carbocycles. The van der Waals surface area contributed by atoms with Crippen LogP contribution in [0.25, 0.3) is 0 Å². The molecule has 0 aliphatic rings. The minimum absolute atomic E-state index is 0.300. The molecular weight excluding hydrogens is 173 g/mol. The molecule has 0 bridgehead atoms. The predicted octanol–water partition coefficient (Wildman–Crippen LogP) is 1.48. The maximum Gasteiger partial charge on any atom is 0.214 e. The van der Waals surface area contributed by atoms with E-state index in [2.05, 4.69) is 4.74 Å². The Bertz CT molecular complexity index is 314. The molecule has 2 N–H and O–H groups in total. The minimum Gasteiger partial charge on any atom is -0.482 e. The number of hydrogen-bond donors (Lipinski definition) is 2. The summed E-state index contributed by atoms with van der Waals surface area (Å²) in [6, 6.07) is 5.43. The number of halogens is 1. The third-order valence-electron chi connectivity index (χ3n) is 1.63. The topological polar surface area (TPSA) is 53.3 Å². The lowest BCUT2D eigenvalue weighted by Gasteiger charge is -2.10. The maximum atomic E-state index is 12.7. The molecule has 1 aromatic rings. The molecule has 0 spiro atoms. The van der Waals surface area contributed by atoms with Crippen molar-refractivity contribution in [3.63, 3.8) is 0 Å². The zero-order chi connectivity index (χ0) is 9.84. The van der Waals surface area contributed by atoms with E-state index in [9.17, 15) is 9.50 Å². The molecule has 0 amide bonds. The summed E-state index contributed by atoms with van der Waals surface area (Å²) < 4.78 is 17.2. The summed E-state index contributed by atoms with van der Waals surface area (Å²) in [6.45, 7) is 0. The van der Waals surface area contributed by atoms with Gasteiger partial charge in [-0.3, -0.25) is 5.41 Å². The van der Waals surface area contributed by atoms with Gasteiger partial charge in [-0.2, -0.15) is 0 Å². The first-order valence-corrected chi connectivity index (χ1v) is 3.71. The largest absolute Gasteiger partial charge is 0.482 e. The SMILES string of the molecule is COC(=N)C(O)c1cccc(F)c1.